The van der Waals surface area contributed by atoms with Crippen molar-refractivity contribution in [2.24, 2.45) is 0 Å². The third-order valence-corrected chi connectivity index (χ3v) is 4.33. The zero-order chi connectivity index (χ0) is 16.9. The normalized spacial score (nSPS) is 10.5. The number of hydrogen-bond acceptors (Lipinski definition) is 4. The van der Waals surface area contributed by atoms with E-state index < -0.39 is 0 Å². The fraction of sp³-hybridized carbons (Fsp3) is 0.158. The third-order valence-electron chi connectivity index (χ3n) is 3.64. The minimum Gasteiger partial charge on any atom is -0.339 e. The Balaban J connectivity index is 1.88. The summed E-state index contributed by atoms with van der Waals surface area (Å²) in [5.74, 6) is 1.34. The highest BCUT2D eigenvalue weighted by molar-refractivity contribution is 9.10. The number of rotatable bonds is 5. The summed E-state index contributed by atoms with van der Waals surface area (Å²) in [5.41, 5.74) is 4.15. The van der Waals surface area contributed by atoms with Crippen LogP contribution in [-0.4, -0.2) is 9.97 Å². The van der Waals surface area contributed by atoms with Crippen molar-refractivity contribution >= 4 is 39.1 Å². The third kappa shape index (κ3) is 3.92. The lowest BCUT2D eigenvalue weighted by Gasteiger charge is -2.12. The lowest BCUT2D eigenvalue weighted by atomic mass is 10.1. The second-order valence-corrected chi connectivity index (χ2v) is 6.31. The maximum atomic E-state index is 4.59. The number of anilines is 4. The van der Waals surface area contributed by atoms with Gasteiger partial charge in [0, 0.05) is 21.9 Å². The molecule has 24 heavy (non-hydrogen) atoms. The molecule has 2 aromatic carbocycles. The Bertz CT molecular complexity index is 848. The molecule has 0 radical (unpaired) electrons. The van der Waals surface area contributed by atoms with Gasteiger partial charge < -0.3 is 10.6 Å². The summed E-state index contributed by atoms with van der Waals surface area (Å²) in [6.45, 7) is 4.10. The van der Waals surface area contributed by atoms with Gasteiger partial charge in [0.25, 0.3) is 0 Å². The van der Waals surface area contributed by atoms with Crippen molar-refractivity contribution in [1.29, 1.82) is 0 Å². The molecule has 0 fully saturated rings. The van der Waals surface area contributed by atoms with Gasteiger partial charge in [0.2, 0.25) is 5.95 Å². The fourth-order valence-corrected chi connectivity index (χ4v) is 2.84. The Morgan fingerprint density at radius 2 is 1.62 bits per heavy atom. The first kappa shape index (κ1) is 16.5. The second kappa shape index (κ2) is 7.45. The molecule has 122 valence electrons. The Morgan fingerprint density at radius 1 is 0.917 bits per heavy atom. The molecule has 5 heteroatoms. The molecule has 0 aliphatic heterocycles. The lowest BCUT2D eigenvalue weighted by molar-refractivity contribution is 1.09. The van der Waals surface area contributed by atoms with Gasteiger partial charge in [-0.3, -0.25) is 0 Å². The topological polar surface area (TPSA) is 49.8 Å². The van der Waals surface area contributed by atoms with Crippen molar-refractivity contribution < 1.29 is 0 Å². The summed E-state index contributed by atoms with van der Waals surface area (Å²) in [6, 6.07) is 18.1. The Labute approximate surface area is 150 Å². The molecule has 0 unspecified atom stereocenters. The van der Waals surface area contributed by atoms with Crippen molar-refractivity contribution in [3.63, 3.8) is 0 Å². The van der Waals surface area contributed by atoms with E-state index >= 15 is 0 Å². The van der Waals surface area contributed by atoms with Crippen LogP contribution in [-0.2, 0) is 6.42 Å². The molecule has 1 aromatic heterocycles. The van der Waals surface area contributed by atoms with Crippen LogP contribution in [0.5, 0.6) is 0 Å². The quantitative estimate of drug-likeness (QED) is 0.602. The predicted molar refractivity (Wildman–Crippen MR) is 103 cm³/mol. The molecule has 0 saturated carbocycles. The molecule has 0 atom stereocenters. The zero-order valence-electron chi connectivity index (χ0n) is 13.7. The van der Waals surface area contributed by atoms with E-state index in [1.165, 1.54) is 5.56 Å². The van der Waals surface area contributed by atoms with E-state index in [0.717, 1.165) is 33.8 Å². The van der Waals surface area contributed by atoms with E-state index in [2.05, 4.69) is 49.5 Å². The molecule has 3 aromatic rings. The van der Waals surface area contributed by atoms with Gasteiger partial charge in [-0.2, -0.15) is 4.98 Å². The van der Waals surface area contributed by atoms with E-state index in [4.69, 9.17) is 0 Å². The van der Waals surface area contributed by atoms with Crippen molar-refractivity contribution in [3.05, 3.63) is 70.3 Å². The molecule has 4 nitrogen and oxygen atoms in total. The minimum absolute atomic E-state index is 0.588. The number of para-hydroxylation sites is 2. The number of aromatic nitrogens is 2. The summed E-state index contributed by atoms with van der Waals surface area (Å²) in [5, 5.41) is 6.66. The number of nitrogens with one attached hydrogen (secondary N) is 2. The van der Waals surface area contributed by atoms with E-state index in [0.29, 0.717) is 5.95 Å². The van der Waals surface area contributed by atoms with Crippen LogP contribution in [0.15, 0.2) is 59.1 Å². The predicted octanol–water partition coefficient (Wildman–Crippen LogP) is 5.60. The van der Waals surface area contributed by atoms with Crippen molar-refractivity contribution in [2.75, 3.05) is 10.6 Å². The molecule has 1 heterocycles. The average Bonchev–Trinajstić information content (AvgIpc) is 2.57. The smallest absolute Gasteiger partial charge is 0.229 e. The molecular weight excluding hydrogens is 364 g/mol. The molecule has 0 aliphatic carbocycles. The maximum Gasteiger partial charge on any atom is 0.229 e. The largest absolute Gasteiger partial charge is 0.339 e. The second-order valence-electron chi connectivity index (χ2n) is 5.46. The number of nitrogens with zero attached hydrogens (tertiary/aromatic N) is 2. The lowest BCUT2D eigenvalue weighted by Crippen LogP contribution is -2.04. The first-order valence-electron chi connectivity index (χ1n) is 7.88. The van der Waals surface area contributed by atoms with Crippen molar-refractivity contribution in [2.45, 2.75) is 20.3 Å². The van der Waals surface area contributed by atoms with Crippen LogP contribution in [0.4, 0.5) is 23.1 Å². The van der Waals surface area contributed by atoms with Gasteiger partial charge in [-0.25, -0.2) is 4.98 Å². The van der Waals surface area contributed by atoms with Gasteiger partial charge in [0.15, 0.2) is 0 Å². The Morgan fingerprint density at radius 3 is 2.38 bits per heavy atom. The van der Waals surface area contributed by atoms with Crippen LogP contribution in [0.3, 0.4) is 0 Å². The maximum absolute atomic E-state index is 4.59. The van der Waals surface area contributed by atoms with E-state index in [9.17, 15) is 0 Å². The van der Waals surface area contributed by atoms with Gasteiger partial charge in [-0.15, -0.1) is 0 Å². The van der Waals surface area contributed by atoms with Crippen LogP contribution >= 0.6 is 15.9 Å². The molecule has 0 amide bonds. The van der Waals surface area contributed by atoms with Crippen LogP contribution in [0.25, 0.3) is 0 Å². The standard InChI is InChI=1S/C19H19BrN4/c1-3-14-8-4-6-10-16(14)23-19-21-13(2)12-18(24-19)22-17-11-7-5-9-15(17)20/h4-12H,3H2,1-2H3,(H2,21,22,23,24). The number of aryl methyl sites for hydroxylation is 2. The number of halogens is 1. The van der Waals surface area contributed by atoms with Crippen LogP contribution < -0.4 is 10.6 Å². The Hall–Kier alpha value is -2.40. The summed E-state index contributed by atoms with van der Waals surface area (Å²) in [4.78, 5) is 9.08. The van der Waals surface area contributed by atoms with Gasteiger partial charge in [-0.05, 0) is 53.0 Å². The van der Waals surface area contributed by atoms with Crippen molar-refractivity contribution in [3.8, 4) is 0 Å². The SMILES string of the molecule is CCc1ccccc1Nc1nc(C)cc(Nc2ccccc2Br)n1. The molecule has 0 aliphatic rings. The molecule has 0 bridgehead atoms. The van der Waals surface area contributed by atoms with Crippen LogP contribution in [0.2, 0.25) is 0 Å². The minimum atomic E-state index is 0.588. The van der Waals surface area contributed by atoms with Gasteiger partial charge in [0.05, 0.1) is 5.69 Å². The van der Waals surface area contributed by atoms with Gasteiger partial charge in [0.1, 0.15) is 5.82 Å². The molecule has 2 N–H and O–H groups in total. The van der Waals surface area contributed by atoms with Gasteiger partial charge in [-0.1, -0.05) is 37.3 Å². The highest BCUT2D eigenvalue weighted by Gasteiger charge is 2.07. The average molecular weight is 383 g/mol. The molecule has 0 spiro atoms. The number of benzene rings is 2. The Kier molecular flexibility index (Phi) is 5.11. The summed E-state index contributed by atoms with van der Waals surface area (Å²) in [6.07, 6.45) is 0.955. The highest BCUT2D eigenvalue weighted by Crippen LogP contribution is 2.26. The molecule has 0 saturated heterocycles. The van der Waals surface area contributed by atoms with E-state index in [1.54, 1.807) is 0 Å². The first-order valence-corrected chi connectivity index (χ1v) is 8.67. The van der Waals surface area contributed by atoms with E-state index in [-0.39, 0.29) is 0 Å². The molecular formula is C19H19BrN4. The monoisotopic (exact) mass is 382 g/mol. The summed E-state index contributed by atoms with van der Waals surface area (Å²) >= 11 is 3.54. The summed E-state index contributed by atoms with van der Waals surface area (Å²) in [7, 11) is 0. The van der Waals surface area contributed by atoms with Gasteiger partial charge >= 0.3 is 0 Å². The summed E-state index contributed by atoms with van der Waals surface area (Å²) < 4.78 is 0.993. The first-order chi connectivity index (χ1) is 11.7. The van der Waals surface area contributed by atoms with Crippen LogP contribution in [0, 0.1) is 6.92 Å². The number of hydrogen-bond donors (Lipinski definition) is 2. The van der Waals surface area contributed by atoms with E-state index in [1.807, 2.05) is 55.5 Å². The molecule has 3 rings (SSSR count). The highest BCUT2D eigenvalue weighted by atomic mass is 79.9. The van der Waals surface area contributed by atoms with Crippen LogP contribution in [0.1, 0.15) is 18.2 Å². The van der Waals surface area contributed by atoms with Crippen molar-refractivity contribution in [1.82, 2.24) is 9.97 Å². The fourth-order valence-electron chi connectivity index (χ4n) is 2.46. The zero-order valence-corrected chi connectivity index (χ0v) is 15.3.